The lowest BCUT2D eigenvalue weighted by atomic mass is 10.1. The molecule has 1 unspecified atom stereocenters. The van der Waals surface area contributed by atoms with E-state index in [0.717, 1.165) is 18.5 Å². The largest absolute Gasteiger partial charge is 0.444 e. The van der Waals surface area contributed by atoms with E-state index < -0.39 is 12.1 Å². The van der Waals surface area contributed by atoms with Gasteiger partial charge >= 0.3 is 5.97 Å². The van der Waals surface area contributed by atoms with E-state index in [9.17, 15) is 9.59 Å². The minimum atomic E-state index is -0.947. The molecule has 1 aliphatic carbocycles. The molecule has 2 aromatic rings. The van der Waals surface area contributed by atoms with Gasteiger partial charge in [-0.2, -0.15) is 0 Å². The molecule has 0 aromatic heterocycles. The van der Waals surface area contributed by atoms with Crippen molar-refractivity contribution in [3.05, 3.63) is 65.7 Å². The van der Waals surface area contributed by atoms with Crippen LogP contribution < -0.4 is 10.2 Å². The van der Waals surface area contributed by atoms with Gasteiger partial charge in [0.2, 0.25) is 6.10 Å². The lowest BCUT2D eigenvalue weighted by molar-refractivity contribution is -0.130. The summed E-state index contributed by atoms with van der Waals surface area (Å²) in [5.74, 6) is -0.783. The number of ether oxygens (including phenoxy) is 1. The van der Waals surface area contributed by atoms with Gasteiger partial charge in [0.05, 0.1) is 5.56 Å². The smallest absolute Gasteiger partial charge is 0.339 e. The quantitative estimate of drug-likeness (QED) is 0.823. The fourth-order valence-electron chi connectivity index (χ4n) is 2.49. The van der Waals surface area contributed by atoms with Crippen molar-refractivity contribution in [1.82, 2.24) is 5.32 Å². The van der Waals surface area contributed by atoms with Crippen LogP contribution in [0.2, 0.25) is 0 Å². The number of carbonyl (C=O) groups excluding carboxylic acids is 2. The second kappa shape index (κ2) is 7.38. The average molecular weight is 338 g/mol. The van der Waals surface area contributed by atoms with Gasteiger partial charge < -0.3 is 15.0 Å². The van der Waals surface area contributed by atoms with Gasteiger partial charge in [-0.05, 0) is 31.0 Å². The van der Waals surface area contributed by atoms with Gasteiger partial charge in [-0.3, -0.25) is 4.79 Å². The van der Waals surface area contributed by atoms with Crippen molar-refractivity contribution in [3.63, 3.8) is 0 Å². The fourth-order valence-corrected chi connectivity index (χ4v) is 2.49. The van der Waals surface area contributed by atoms with Crippen molar-refractivity contribution in [2.24, 2.45) is 0 Å². The molecular formula is C20H22N2O3. The molecular weight excluding hydrogens is 316 g/mol. The highest BCUT2D eigenvalue weighted by Gasteiger charge is 2.31. The maximum absolute atomic E-state index is 12.6. The molecule has 1 fully saturated rings. The Kier molecular flexibility index (Phi) is 5.03. The molecule has 0 aliphatic heterocycles. The van der Waals surface area contributed by atoms with Crippen LogP contribution in [0.1, 0.15) is 34.9 Å². The summed E-state index contributed by atoms with van der Waals surface area (Å²) in [6.07, 6.45) is 1.01. The molecule has 25 heavy (non-hydrogen) atoms. The van der Waals surface area contributed by atoms with E-state index in [4.69, 9.17) is 4.74 Å². The molecule has 5 heteroatoms. The Bertz CT molecular complexity index is 755. The van der Waals surface area contributed by atoms with Gasteiger partial charge in [-0.1, -0.05) is 36.4 Å². The van der Waals surface area contributed by atoms with Crippen LogP contribution >= 0.6 is 0 Å². The first-order chi connectivity index (χ1) is 12.0. The molecule has 0 spiro atoms. The molecule has 1 saturated carbocycles. The highest BCUT2D eigenvalue weighted by atomic mass is 16.5. The van der Waals surface area contributed by atoms with E-state index in [1.807, 2.05) is 43.3 Å². The zero-order valence-electron chi connectivity index (χ0n) is 14.4. The molecule has 1 N–H and O–H groups in total. The molecule has 1 atom stereocenters. The lowest BCUT2D eigenvalue weighted by Gasteiger charge is -2.19. The van der Waals surface area contributed by atoms with Crippen molar-refractivity contribution in [1.29, 1.82) is 0 Å². The third kappa shape index (κ3) is 4.38. The molecule has 3 rings (SSSR count). The highest BCUT2D eigenvalue weighted by Crippen LogP contribution is 2.24. The summed E-state index contributed by atoms with van der Waals surface area (Å²) in [5.41, 5.74) is 1.98. The van der Waals surface area contributed by atoms with Gasteiger partial charge in [0, 0.05) is 31.4 Å². The van der Waals surface area contributed by atoms with E-state index in [1.54, 1.807) is 30.3 Å². The summed E-state index contributed by atoms with van der Waals surface area (Å²) in [6, 6.07) is 16.5. The van der Waals surface area contributed by atoms with Gasteiger partial charge in [-0.15, -0.1) is 0 Å². The Balaban J connectivity index is 1.80. The minimum absolute atomic E-state index is 0.203. The topological polar surface area (TPSA) is 58.6 Å². The average Bonchev–Trinajstić information content (AvgIpc) is 3.44. The first-order valence-electron chi connectivity index (χ1n) is 8.38. The fraction of sp³-hybridized carbons (Fsp3) is 0.300. The lowest BCUT2D eigenvalue weighted by Crippen LogP contribution is -2.33. The Morgan fingerprint density at radius 2 is 1.80 bits per heavy atom. The molecule has 0 bridgehead atoms. The van der Waals surface area contributed by atoms with E-state index in [2.05, 4.69) is 5.32 Å². The van der Waals surface area contributed by atoms with Crippen LogP contribution in [-0.4, -0.2) is 32.0 Å². The summed E-state index contributed by atoms with van der Waals surface area (Å²) >= 11 is 0. The van der Waals surface area contributed by atoms with Crippen molar-refractivity contribution < 1.29 is 14.3 Å². The summed E-state index contributed by atoms with van der Waals surface area (Å²) in [6.45, 7) is 0. The second-order valence-electron chi connectivity index (χ2n) is 6.42. The first kappa shape index (κ1) is 17.0. The van der Waals surface area contributed by atoms with Crippen LogP contribution in [0.15, 0.2) is 54.6 Å². The first-order valence-corrected chi connectivity index (χ1v) is 8.38. The monoisotopic (exact) mass is 338 g/mol. The van der Waals surface area contributed by atoms with Crippen LogP contribution in [0.25, 0.3) is 0 Å². The minimum Gasteiger partial charge on any atom is -0.444 e. The van der Waals surface area contributed by atoms with E-state index in [0.29, 0.717) is 11.1 Å². The number of amides is 1. The number of rotatable bonds is 6. The van der Waals surface area contributed by atoms with Crippen LogP contribution in [0.5, 0.6) is 0 Å². The summed E-state index contributed by atoms with van der Waals surface area (Å²) < 4.78 is 5.58. The van der Waals surface area contributed by atoms with Crippen LogP contribution in [0, 0.1) is 0 Å². The summed E-state index contributed by atoms with van der Waals surface area (Å²) in [5, 5.41) is 2.91. The van der Waals surface area contributed by atoms with Crippen LogP contribution in [0.4, 0.5) is 5.69 Å². The number of benzene rings is 2. The Hall–Kier alpha value is -2.82. The zero-order valence-corrected chi connectivity index (χ0v) is 14.4. The number of anilines is 1. The summed E-state index contributed by atoms with van der Waals surface area (Å²) in [7, 11) is 3.81. The third-order valence-electron chi connectivity index (χ3n) is 4.09. The van der Waals surface area contributed by atoms with Crippen molar-refractivity contribution in [2.45, 2.75) is 25.0 Å². The van der Waals surface area contributed by atoms with Crippen molar-refractivity contribution in [3.8, 4) is 0 Å². The van der Waals surface area contributed by atoms with Gasteiger partial charge in [0.1, 0.15) is 0 Å². The second-order valence-corrected chi connectivity index (χ2v) is 6.42. The van der Waals surface area contributed by atoms with E-state index in [-0.39, 0.29) is 11.9 Å². The Morgan fingerprint density at radius 1 is 1.08 bits per heavy atom. The molecule has 0 radical (unpaired) electrons. The molecule has 1 aliphatic rings. The standard InChI is InChI=1S/C20H22N2O3/c1-22(2)17-10-6-9-15(13-17)20(24)25-18(14-7-4-3-5-8-14)19(23)21-16-11-12-16/h3-10,13,16,18H,11-12H2,1-2H3,(H,21,23). The van der Waals surface area contributed by atoms with Gasteiger partial charge in [0.15, 0.2) is 0 Å². The molecule has 5 nitrogen and oxygen atoms in total. The number of nitrogens with zero attached hydrogens (tertiary/aromatic N) is 1. The molecule has 0 heterocycles. The van der Waals surface area contributed by atoms with Crippen LogP contribution in [0.3, 0.4) is 0 Å². The molecule has 0 saturated heterocycles. The normalized spacial score (nSPS) is 14.5. The maximum Gasteiger partial charge on any atom is 0.339 e. The van der Waals surface area contributed by atoms with Gasteiger partial charge in [-0.25, -0.2) is 4.79 Å². The molecule has 2 aromatic carbocycles. The predicted molar refractivity (Wildman–Crippen MR) is 96.5 cm³/mol. The van der Waals surface area contributed by atoms with E-state index in [1.165, 1.54) is 0 Å². The molecule has 130 valence electrons. The number of hydrogen-bond acceptors (Lipinski definition) is 4. The predicted octanol–water partition coefficient (Wildman–Crippen LogP) is 2.93. The van der Waals surface area contributed by atoms with Crippen LogP contribution in [-0.2, 0) is 9.53 Å². The number of esters is 1. The summed E-state index contributed by atoms with van der Waals surface area (Å²) in [4.78, 5) is 27.0. The van der Waals surface area contributed by atoms with Crippen molar-refractivity contribution >= 4 is 17.6 Å². The van der Waals surface area contributed by atoms with Crippen molar-refractivity contribution in [2.75, 3.05) is 19.0 Å². The zero-order chi connectivity index (χ0) is 17.8. The SMILES string of the molecule is CN(C)c1cccc(C(=O)OC(C(=O)NC2CC2)c2ccccc2)c1. The highest BCUT2D eigenvalue weighted by molar-refractivity contribution is 5.93. The maximum atomic E-state index is 12.6. The number of hydrogen-bond donors (Lipinski definition) is 1. The number of carbonyl (C=O) groups is 2. The number of nitrogens with one attached hydrogen (secondary N) is 1. The Morgan fingerprint density at radius 3 is 2.44 bits per heavy atom. The van der Waals surface area contributed by atoms with E-state index >= 15 is 0 Å². The third-order valence-corrected chi connectivity index (χ3v) is 4.09. The Labute approximate surface area is 147 Å². The van der Waals surface area contributed by atoms with Gasteiger partial charge in [0.25, 0.3) is 5.91 Å². The molecule has 1 amide bonds.